The van der Waals surface area contributed by atoms with Crippen molar-refractivity contribution in [3.8, 4) is 0 Å². The first-order valence-corrected chi connectivity index (χ1v) is 5.73. The molecular formula is C13H18N2O. The molecule has 0 saturated heterocycles. The van der Waals surface area contributed by atoms with Gasteiger partial charge in [-0.2, -0.15) is 0 Å². The van der Waals surface area contributed by atoms with Crippen LogP contribution in [0.4, 0.5) is 0 Å². The standard InChI is InChI=1S/C13H18N2O/c1-2-3-12(16)13(14)10-4-5-11-9(8-10)6-7-15-11/h4-8,12-13,15-16H,2-3,14H2,1H3/t12-,13+/m1/s1. The third-order valence-electron chi connectivity index (χ3n) is 2.96. The number of rotatable bonds is 4. The SMILES string of the molecule is CCC[C@@H](O)[C@@H](N)c1ccc2[nH]ccc2c1. The Morgan fingerprint density at radius 2 is 2.19 bits per heavy atom. The van der Waals surface area contributed by atoms with Gasteiger partial charge in [0.05, 0.1) is 12.1 Å². The molecule has 0 aliphatic rings. The molecule has 0 aliphatic carbocycles. The van der Waals surface area contributed by atoms with Gasteiger partial charge >= 0.3 is 0 Å². The van der Waals surface area contributed by atoms with Gasteiger partial charge in [-0.1, -0.05) is 19.4 Å². The number of nitrogens with one attached hydrogen (secondary N) is 1. The van der Waals surface area contributed by atoms with Crippen LogP contribution in [0.1, 0.15) is 31.4 Å². The number of H-pyrrole nitrogens is 1. The number of aromatic nitrogens is 1. The molecular weight excluding hydrogens is 200 g/mol. The summed E-state index contributed by atoms with van der Waals surface area (Å²) in [5.74, 6) is 0. The lowest BCUT2D eigenvalue weighted by Crippen LogP contribution is -2.25. The highest BCUT2D eigenvalue weighted by molar-refractivity contribution is 5.80. The second kappa shape index (κ2) is 4.68. The lowest BCUT2D eigenvalue weighted by atomic mass is 9.98. The normalized spacial score (nSPS) is 15.2. The van der Waals surface area contributed by atoms with Crippen LogP contribution in [-0.4, -0.2) is 16.2 Å². The molecule has 0 spiro atoms. The van der Waals surface area contributed by atoms with E-state index in [1.165, 1.54) is 0 Å². The third-order valence-corrected chi connectivity index (χ3v) is 2.96. The predicted molar refractivity (Wildman–Crippen MR) is 66.1 cm³/mol. The predicted octanol–water partition coefficient (Wildman–Crippen LogP) is 2.33. The third kappa shape index (κ3) is 2.10. The van der Waals surface area contributed by atoms with E-state index in [-0.39, 0.29) is 6.04 Å². The average Bonchev–Trinajstić information content (AvgIpc) is 2.75. The highest BCUT2D eigenvalue weighted by atomic mass is 16.3. The zero-order valence-electron chi connectivity index (χ0n) is 9.48. The number of aromatic amines is 1. The van der Waals surface area contributed by atoms with Gasteiger partial charge < -0.3 is 15.8 Å². The van der Waals surface area contributed by atoms with Gasteiger partial charge in [-0.3, -0.25) is 0 Å². The number of aliphatic hydroxyl groups excluding tert-OH is 1. The lowest BCUT2D eigenvalue weighted by Gasteiger charge is -2.18. The minimum atomic E-state index is -0.457. The van der Waals surface area contributed by atoms with Crippen molar-refractivity contribution < 1.29 is 5.11 Å². The Morgan fingerprint density at radius 3 is 2.94 bits per heavy atom. The number of hydrogen-bond donors (Lipinski definition) is 3. The van der Waals surface area contributed by atoms with Gasteiger partial charge in [0.1, 0.15) is 0 Å². The molecule has 2 atom stereocenters. The van der Waals surface area contributed by atoms with E-state index in [9.17, 15) is 5.11 Å². The van der Waals surface area contributed by atoms with E-state index >= 15 is 0 Å². The summed E-state index contributed by atoms with van der Waals surface area (Å²) in [6.45, 7) is 2.05. The van der Waals surface area contributed by atoms with Crippen LogP contribution in [0.25, 0.3) is 10.9 Å². The van der Waals surface area contributed by atoms with Gasteiger partial charge in [0.25, 0.3) is 0 Å². The average molecular weight is 218 g/mol. The molecule has 1 heterocycles. The maximum absolute atomic E-state index is 9.86. The van der Waals surface area contributed by atoms with Gasteiger partial charge in [0, 0.05) is 11.7 Å². The summed E-state index contributed by atoms with van der Waals surface area (Å²) < 4.78 is 0. The highest BCUT2D eigenvalue weighted by Gasteiger charge is 2.15. The fraction of sp³-hybridized carbons (Fsp3) is 0.385. The zero-order chi connectivity index (χ0) is 11.5. The Hall–Kier alpha value is -1.32. The van der Waals surface area contributed by atoms with Gasteiger partial charge in [0.15, 0.2) is 0 Å². The van der Waals surface area contributed by atoms with Crippen LogP contribution in [0.3, 0.4) is 0 Å². The fourth-order valence-corrected chi connectivity index (χ4v) is 1.98. The van der Waals surface area contributed by atoms with Crippen LogP contribution in [0.5, 0.6) is 0 Å². The summed E-state index contributed by atoms with van der Waals surface area (Å²) in [5, 5.41) is 11.0. The van der Waals surface area contributed by atoms with Crippen molar-refractivity contribution in [1.82, 2.24) is 4.98 Å². The second-order valence-electron chi connectivity index (χ2n) is 4.21. The van der Waals surface area contributed by atoms with E-state index in [4.69, 9.17) is 5.73 Å². The fourth-order valence-electron chi connectivity index (χ4n) is 1.98. The minimum Gasteiger partial charge on any atom is -0.391 e. The summed E-state index contributed by atoms with van der Waals surface area (Å²) in [4.78, 5) is 3.14. The van der Waals surface area contributed by atoms with Crippen LogP contribution in [0, 0.1) is 0 Å². The molecule has 1 aromatic heterocycles. The quantitative estimate of drug-likeness (QED) is 0.737. The van der Waals surface area contributed by atoms with Crippen molar-refractivity contribution in [2.24, 2.45) is 5.73 Å². The molecule has 0 bridgehead atoms. The van der Waals surface area contributed by atoms with E-state index in [0.29, 0.717) is 0 Å². The number of benzene rings is 1. The van der Waals surface area contributed by atoms with Crippen LogP contribution in [-0.2, 0) is 0 Å². The molecule has 0 saturated carbocycles. The topological polar surface area (TPSA) is 62.0 Å². The van der Waals surface area contributed by atoms with Crippen molar-refractivity contribution in [3.63, 3.8) is 0 Å². The van der Waals surface area contributed by atoms with Crippen molar-refractivity contribution >= 4 is 10.9 Å². The van der Waals surface area contributed by atoms with Gasteiger partial charge in [-0.25, -0.2) is 0 Å². The highest BCUT2D eigenvalue weighted by Crippen LogP contribution is 2.21. The molecule has 4 N–H and O–H groups in total. The van der Waals surface area contributed by atoms with Crippen LogP contribution in [0.15, 0.2) is 30.5 Å². The summed E-state index contributed by atoms with van der Waals surface area (Å²) in [6.07, 6.45) is 3.14. The summed E-state index contributed by atoms with van der Waals surface area (Å²) in [6, 6.07) is 7.73. The van der Waals surface area contributed by atoms with Crippen molar-refractivity contribution in [2.45, 2.75) is 31.9 Å². The Labute approximate surface area is 95.3 Å². The van der Waals surface area contributed by atoms with Gasteiger partial charge in [0.2, 0.25) is 0 Å². The smallest absolute Gasteiger partial charge is 0.0732 e. The Kier molecular flexibility index (Phi) is 3.27. The van der Waals surface area contributed by atoms with E-state index in [1.54, 1.807) is 0 Å². The largest absolute Gasteiger partial charge is 0.391 e. The van der Waals surface area contributed by atoms with E-state index in [0.717, 1.165) is 29.3 Å². The molecule has 3 heteroatoms. The van der Waals surface area contributed by atoms with Crippen molar-refractivity contribution in [3.05, 3.63) is 36.0 Å². The first-order valence-electron chi connectivity index (χ1n) is 5.73. The Morgan fingerprint density at radius 1 is 1.38 bits per heavy atom. The number of hydrogen-bond acceptors (Lipinski definition) is 2. The molecule has 0 radical (unpaired) electrons. The molecule has 0 aliphatic heterocycles. The number of nitrogens with two attached hydrogens (primary N) is 1. The molecule has 1 aromatic carbocycles. The van der Waals surface area contributed by atoms with Crippen molar-refractivity contribution in [2.75, 3.05) is 0 Å². The van der Waals surface area contributed by atoms with E-state index in [2.05, 4.69) is 4.98 Å². The molecule has 3 nitrogen and oxygen atoms in total. The maximum atomic E-state index is 9.86. The Balaban J connectivity index is 2.24. The van der Waals surface area contributed by atoms with E-state index < -0.39 is 6.10 Å². The van der Waals surface area contributed by atoms with Crippen LogP contribution >= 0.6 is 0 Å². The molecule has 0 unspecified atom stereocenters. The van der Waals surface area contributed by atoms with Crippen LogP contribution < -0.4 is 5.73 Å². The summed E-state index contributed by atoms with van der Waals surface area (Å²) in [7, 11) is 0. The van der Waals surface area contributed by atoms with Crippen LogP contribution in [0.2, 0.25) is 0 Å². The zero-order valence-corrected chi connectivity index (χ0v) is 9.48. The molecule has 16 heavy (non-hydrogen) atoms. The summed E-state index contributed by atoms with van der Waals surface area (Å²) >= 11 is 0. The lowest BCUT2D eigenvalue weighted by molar-refractivity contribution is 0.134. The molecule has 86 valence electrons. The Bertz CT molecular complexity index is 464. The van der Waals surface area contributed by atoms with Gasteiger partial charge in [-0.05, 0) is 35.6 Å². The maximum Gasteiger partial charge on any atom is 0.0732 e. The first-order chi connectivity index (χ1) is 7.72. The first kappa shape index (κ1) is 11.2. The van der Waals surface area contributed by atoms with E-state index in [1.807, 2.05) is 37.4 Å². The molecule has 2 rings (SSSR count). The summed E-state index contributed by atoms with van der Waals surface area (Å²) in [5.41, 5.74) is 8.12. The molecule has 2 aromatic rings. The van der Waals surface area contributed by atoms with Gasteiger partial charge in [-0.15, -0.1) is 0 Å². The number of fused-ring (bicyclic) bond motifs is 1. The molecule has 0 fully saturated rings. The molecule has 0 amide bonds. The number of aliphatic hydroxyl groups is 1. The second-order valence-corrected chi connectivity index (χ2v) is 4.21. The van der Waals surface area contributed by atoms with Crippen molar-refractivity contribution in [1.29, 1.82) is 0 Å². The monoisotopic (exact) mass is 218 g/mol. The minimum absolute atomic E-state index is 0.292.